The molecule has 0 heterocycles. The van der Waals surface area contributed by atoms with Crippen molar-refractivity contribution in [1.29, 1.82) is 0 Å². The monoisotopic (exact) mass is 296 g/mol. The molecule has 111 valence electrons. The molecule has 1 nitrogen and oxygen atoms in total. The molecule has 0 bridgehead atoms. The highest BCUT2D eigenvalue weighted by atomic mass is 15.1. The van der Waals surface area contributed by atoms with Gasteiger partial charge in [-0.05, 0) is 29.8 Å². The molecule has 1 radical (unpaired) electrons. The van der Waals surface area contributed by atoms with Crippen molar-refractivity contribution in [2.45, 2.75) is 0 Å². The van der Waals surface area contributed by atoms with Gasteiger partial charge in [0.1, 0.15) is 0 Å². The standard InChI is InChI=1S/C22H18N/c1-2-23(21-15-7-11-17-9-3-5-13-19(17)21)22-16-8-12-18-10-4-6-14-20(18)22/h3-16H,1-2H2. The number of hydrogen-bond acceptors (Lipinski definition) is 1. The number of benzene rings is 4. The van der Waals surface area contributed by atoms with Crippen LogP contribution in [0.15, 0.2) is 84.9 Å². The van der Waals surface area contributed by atoms with E-state index in [1.807, 2.05) is 0 Å². The zero-order valence-electron chi connectivity index (χ0n) is 12.9. The summed E-state index contributed by atoms with van der Waals surface area (Å²) in [7, 11) is 0. The second-order valence-electron chi connectivity index (χ2n) is 5.65. The van der Waals surface area contributed by atoms with E-state index in [9.17, 15) is 0 Å². The summed E-state index contributed by atoms with van der Waals surface area (Å²) < 4.78 is 0. The van der Waals surface area contributed by atoms with Crippen molar-refractivity contribution in [2.24, 2.45) is 0 Å². The van der Waals surface area contributed by atoms with Crippen LogP contribution in [0.1, 0.15) is 0 Å². The Morgan fingerprint density at radius 3 is 1.48 bits per heavy atom. The summed E-state index contributed by atoms with van der Waals surface area (Å²) in [5, 5.41) is 5.02. The third kappa shape index (κ3) is 2.35. The van der Waals surface area contributed by atoms with E-state index in [1.54, 1.807) is 0 Å². The molecule has 4 rings (SSSR count). The first-order valence-electron chi connectivity index (χ1n) is 7.91. The summed E-state index contributed by atoms with van der Waals surface area (Å²) in [6.07, 6.45) is 0. The lowest BCUT2D eigenvalue weighted by Crippen LogP contribution is -2.16. The molecule has 0 aliphatic heterocycles. The van der Waals surface area contributed by atoms with Crippen molar-refractivity contribution in [3.8, 4) is 0 Å². The molecular weight excluding hydrogens is 278 g/mol. The molecule has 1 heteroatoms. The van der Waals surface area contributed by atoms with Gasteiger partial charge in [-0.25, -0.2) is 0 Å². The van der Waals surface area contributed by atoms with E-state index in [0.717, 1.165) is 0 Å². The minimum absolute atomic E-state index is 0.683. The fourth-order valence-electron chi connectivity index (χ4n) is 3.26. The topological polar surface area (TPSA) is 3.24 Å². The van der Waals surface area contributed by atoms with Crippen LogP contribution in [-0.2, 0) is 0 Å². The summed E-state index contributed by atoms with van der Waals surface area (Å²) in [5.74, 6) is 0. The molecule has 0 N–H and O–H groups in total. The molecule has 0 aliphatic carbocycles. The fraction of sp³-hybridized carbons (Fsp3) is 0.0455. The zero-order valence-corrected chi connectivity index (χ0v) is 12.9. The lowest BCUT2D eigenvalue weighted by molar-refractivity contribution is 1.11. The molecule has 0 unspecified atom stereocenters. The van der Waals surface area contributed by atoms with Gasteiger partial charge in [-0.2, -0.15) is 0 Å². The minimum atomic E-state index is 0.683. The van der Waals surface area contributed by atoms with Gasteiger partial charge in [-0.15, -0.1) is 0 Å². The number of fused-ring (bicyclic) bond motifs is 2. The molecule has 23 heavy (non-hydrogen) atoms. The van der Waals surface area contributed by atoms with Gasteiger partial charge in [-0.3, -0.25) is 0 Å². The zero-order chi connectivity index (χ0) is 15.6. The van der Waals surface area contributed by atoms with Crippen LogP contribution in [0, 0.1) is 6.92 Å². The SMILES string of the molecule is [CH2]CN(c1cccc2ccccc12)c1cccc2ccccc12. The van der Waals surface area contributed by atoms with Crippen LogP contribution in [0.3, 0.4) is 0 Å². The summed E-state index contributed by atoms with van der Waals surface area (Å²) >= 11 is 0. The van der Waals surface area contributed by atoms with Crippen LogP contribution < -0.4 is 4.90 Å². The van der Waals surface area contributed by atoms with Crippen LogP contribution >= 0.6 is 0 Å². The molecule has 0 atom stereocenters. The van der Waals surface area contributed by atoms with Crippen LogP contribution in [0.4, 0.5) is 11.4 Å². The van der Waals surface area contributed by atoms with E-state index in [-0.39, 0.29) is 0 Å². The Hall–Kier alpha value is -2.80. The molecule has 0 aromatic heterocycles. The Labute approximate surface area is 136 Å². The minimum Gasteiger partial charge on any atom is -0.340 e. The first-order chi connectivity index (χ1) is 11.4. The van der Waals surface area contributed by atoms with Gasteiger partial charge < -0.3 is 4.90 Å². The lowest BCUT2D eigenvalue weighted by Gasteiger charge is -2.26. The van der Waals surface area contributed by atoms with Gasteiger partial charge in [0, 0.05) is 28.7 Å². The summed E-state index contributed by atoms with van der Waals surface area (Å²) in [5.41, 5.74) is 2.41. The molecule has 0 fully saturated rings. The predicted octanol–water partition coefficient (Wildman–Crippen LogP) is 5.97. The molecule has 4 aromatic carbocycles. The molecule has 0 saturated heterocycles. The Kier molecular flexibility index (Phi) is 3.47. The molecular formula is C22H18N. The maximum atomic E-state index is 4.18. The number of anilines is 2. The lowest BCUT2D eigenvalue weighted by atomic mass is 10.0. The van der Waals surface area contributed by atoms with Crippen LogP contribution in [-0.4, -0.2) is 6.54 Å². The molecule has 0 amide bonds. The van der Waals surface area contributed by atoms with E-state index < -0.39 is 0 Å². The summed E-state index contributed by atoms with van der Waals surface area (Å²) in [6.45, 7) is 4.86. The highest BCUT2D eigenvalue weighted by Crippen LogP contribution is 2.35. The van der Waals surface area contributed by atoms with Gasteiger partial charge in [0.15, 0.2) is 0 Å². The number of rotatable bonds is 3. The molecule has 0 spiro atoms. The maximum Gasteiger partial charge on any atom is 0.0490 e. The van der Waals surface area contributed by atoms with E-state index in [1.165, 1.54) is 32.9 Å². The first-order valence-corrected chi connectivity index (χ1v) is 7.91. The van der Waals surface area contributed by atoms with E-state index >= 15 is 0 Å². The van der Waals surface area contributed by atoms with Gasteiger partial charge in [0.05, 0.1) is 0 Å². The second-order valence-corrected chi connectivity index (χ2v) is 5.65. The first kappa shape index (κ1) is 13.8. The average molecular weight is 296 g/mol. The van der Waals surface area contributed by atoms with Crippen LogP contribution in [0.2, 0.25) is 0 Å². The number of hydrogen-bond donors (Lipinski definition) is 0. The van der Waals surface area contributed by atoms with Gasteiger partial charge >= 0.3 is 0 Å². The fourth-order valence-corrected chi connectivity index (χ4v) is 3.26. The predicted molar refractivity (Wildman–Crippen MR) is 100 cm³/mol. The Bertz CT molecular complexity index is 882. The van der Waals surface area contributed by atoms with E-state index in [0.29, 0.717) is 6.54 Å². The summed E-state index contributed by atoms with van der Waals surface area (Å²) in [6, 6.07) is 29.9. The van der Waals surface area contributed by atoms with Gasteiger partial charge in [-0.1, -0.05) is 72.8 Å². The summed E-state index contributed by atoms with van der Waals surface area (Å²) in [4.78, 5) is 2.30. The molecule has 0 saturated carbocycles. The van der Waals surface area contributed by atoms with Crippen molar-refractivity contribution in [1.82, 2.24) is 0 Å². The second kappa shape index (κ2) is 5.77. The Morgan fingerprint density at radius 1 is 0.565 bits per heavy atom. The highest BCUT2D eigenvalue weighted by Gasteiger charge is 2.12. The van der Waals surface area contributed by atoms with Crippen molar-refractivity contribution < 1.29 is 0 Å². The maximum absolute atomic E-state index is 4.18. The van der Waals surface area contributed by atoms with E-state index in [2.05, 4.69) is 96.8 Å². The Morgan fingerprint density at radius 2 is 1.00 bits per heavy atom. The van der Waals surface area contributed by atoms with Gasteiger partial charge in [0.2, 0.25) is 0 Å². The van der Waals surface area contributed by atoms with Crippen molar-refractivity contribution in [3.05, 3.63) is 91.9 Å². The van der Waals surface area contributed by atoms with Crippen LogP contribution in [0.25, 0.3) is 21.5 Å². The van der Waals surface area contributed by atoms with Crippen molar-refractivity contribution in [2.75, 3.05) is 11.4 Å². The van der Waals surface area contributed by atoms with Crippen LogP contribution in [0.5, 0.6) is 0 Å². The normalized spacial score (nSPS) is 11.0. The third-order valence-corrected chi connectivity index (χ3v) is 4.34. The molecule has 0 aliphatic rings. The number of nitrogens with zero attached hydrogens (tertiary/aromatic N) is 1. The average Bonchev–Trinajstić information content (AvgIpc) is 2.63. The highest BCUT2D eigenvalue weighted by molar-refractivity contribution is 6.01. The van der Waals surface area contributed by atoms with E-state index in [4.69, 9.17) is 0 Å². The largest absolute Gasteiger partial charge is 0.340 e. The third-order valence-electron chi connectivity index (χ3n) is 4.34. The quantitative estimate of drug-likeness (QED) is 0.450. The van der Waals surface area contributed by atoms with Crippen molar-refractivity contribution >= 4 is 32.9 Å². The smallest absolute Gasteiger partial charge is 0.0490 e. The molecule has 4 aromatic rings. The van der Waals surface area contributed by atoms with Crippen molar-refractivity contribution in [3.63, 3.8) is 0 Å². The van der Waals surface area contributed by atoms with Gasteiger partial charge in [0.25, 0.3) is 0 Å². The Balaban J connectivity index is 1.97.